The van der Waals surface area contributed by atoms with Crippen LogP contribution in [0.4, 0.5) is 4.39 Å². The van der Waals surface area contributed by atoms with Gasteiger partial charge < -0.3 is 15.5 Å². The van der Waals surface area contributed by atoms with Crippen LogP contribution in [0.2, 0.25) is 5.02 Å². The molecule has 1 amide bonds. The van der Waals surface area contributed by atoms with Crippen molar-refractivity contribution in [2.75, 3.05) is 0 Å². The molecule has 2 atom stereocenters. The fourth-order valence-electron chi connectivity index (χ4n) is 3.41. The third-order valence-corrected chi connectivity index (χ3v) is 5.16. The molecule has 0 saturated heterocycles. The van der Waals surface area contributed by atoms with E-state index in [9.17, 15) is 9.18 Å². The van der Waals surface area contributed by atoms with Gasteiger partial charge in [0.05, 0.1) is 17.4 Å². The summed E-state index contributed by atoms with van der Waals surface area (Å²) in [6.07, 6.45) is 6.95. The highest BCUT2D eigenvalue weighted by atomic mass is 35.5. The zero-order chi connectivity index (χ0) is 19.7. The summed E-state index contributed by atoms with van der Waals surface area (Å²) >= 11 is 6.25. The summed E-state index contributed by atoms with van der Waals surface area (Å²) in [7, 11) is 0. The number of carbonyl (C=O) groups is 1. The van der Waals surface area contributed by atoms with E-state index in [1.54, 1.807) is 18.2 Å². The topological polar surface area (TPSA) is 44.4 Å². The minimum absolute atomic E-state index is 0.179. The number of allylic oxidation sites excluding steroid dienone is 3. The number of amides is 1. The van der Waals surface area contributed by atoms with Crippen LogP contribution in [0.1, 0.15) is 24.1 Å². The Morgan fingerprint density at radius 1 is 1.18 bits per heavy atom. The highest BCUT2D eigenvalue weighted by Crippen LogP contribution is 2.31. The lowest BCUT2D eigenvalue weighted by Gasteiger charge is -2.26. The van der Waals surface area contributed by atoms with Crippen LogP contribution in [0.15, 0.2) is 78.7 Å². The SMILES string of the molecule is CC(NC(=O)C1NC(c2ccc(F)cc2)=C2C=CC=CN21)c1ccccc1Cl. The molecule has 28 heavy (non-hydrogen) atoms. The monoisotopic (exact) mass is 395 g/mol. The molecule has 0 aromatic heterocycles. The summed E-state index contributed by atoms with van der Waals surface area (Å²) in [5.41, 5.74) is 3.32. The molecule has 4 rings (SSSR count). The molecule has 2 aromatic rings. The van der Waals surface area contributed by atoms with E-state index in [1.807, 2.05) is 54.5 Å². The summed E-state index contributed by atoms with van der Waals surface area (Å²) in [6.45, 7) is 1.90. The Bertz CT molecular complexity index is 997. The molecule has 0 aliphatic carbocycles. The van der Waals surface area contributed by atoms with E-state index in [4.69, 9.17) is 11.6 Å². The number of fused-ring (bicyclic) bond motifs is 1. The van der Waals surface area contributed by atoms with Crippen molar-refractivity contribution in [2.24, 2.45) is 0 Å². The van der Waals surface area contributed by atoms with Crippen molar-refractivity contribution in [1.82, 2.24) is 15.5 Å². The van der Waals surface area contributed by atoms with Crippen LogP contribution in [0.25, 0.3) is 5.70 Å². The molecule has 142 valence electrons. The fraction of sp³-hybridized carbons (Fsp3) is 0.136. The van der Waals surface area contributed by atoms with E-state index in [2.05, 4.69) is 10.6 Å². The average molecular weight is 396 g/mol. The molecule has 2 aliphatic heterocycles. The highest BCUT2D eigenvalue weighted by Gasteiger charge is 2.35. The molecule has 2 aliphatic rings. The van der Waals surface area contributed by atoms with Gasteiger partial charge in [-0.2, -0.15) is 0 Å². The Hall–Kier alpha value is -3.05. The van der Waals surface area contributed by atoms with Gasteiger partial charge >= 0.3 is 0 Å². The predicted molar refractivity (Wildman–Crippen MR) is 108 cm³/mol. The summed E-state index contributed by atoms with van der Waals surface area (Å²) in [4.78, 5) is 14.9. The van der Waals surface area contributed by atoms with Crippen molar-refractivity contribution in [1.29, 1.82) is 0 Å². The van der Waals surface area contributed by atoms with Gasteiger partial charge in [0, 0.05) is 11.2 Å². The molecule has 4 nitrogen and oxygen atoms in total. The molecule has 2 heterocycles. The average Bonchev–Trinajstić information content (AvgIpc) is 3.09. The van der Waals surface area contributed by atoms with Crippen LogP contribution < -0.4 is 10.6 Å². The van der Waals surface area contributed by atoms with Gasteiger partial charge in [0.25, 0.3) is 5.91 Å². The third-order valence-electron chi connectivity index (χ3n) is 4.82. The van der Waals surface area contributed by atoms with Crippen molar-refractivity contribution in [2.45, 2.75) is 19.1 Å². The van der Waals surface area contributed by atoms with Gasteiger partial charge in [-0.1, -0.05) is 35.9 Å². The van der Waals surface area contributed by atoms with Gasteiger partial charge in [-0.05, 0) is 60.5 Å². The van der Waals surface area contributed by atoms with Crippen LogP contribution in [0.3, 0.4) is 0 Å². The first-order valence-electron chi connectivity index (χ1n) is 8.99. The summed E-state index contributed by atoms with van der Waals surface area (Å²) < 4.78 is 13.3. The quantitative estimate of drug-likeness (QED) is 0.809. The molecule has 0 bridgehead atoms. The van der Waals surface area contributed by atoms with Crippen molar-refractivity contribution >= 4 is 23.2 Å². The van der Waals surface area contributed by atoms with Crippen molar-refractivity contribution in [3.8, 4) is 0 Å². The molecule has 0 spiro atoms. The van der Waals surface area contributed by atoms with Gasteiger partial charge in [0.15, 0.2) is 6.17 Å². The second-order valence-corrected chi connectivity index (χ2v) is 7.08. The number of hydrogen-bond donors (Lipinski definition) is 2. The van der Waals surface area contributed by atoms with Crippen molar-refractivity contribution in [3.05, 3.63) is 101 Å². The normalized spacial score (nSPS) is 18.7. The molecule has 2 N–H and O–H groups in total. The Morgan fingerprint density at radius 3 is 2.68 bits per heavy atom. The van der Waals surface area contributed by atoms with Gasteiger partial charge in [-0.25, -0.2) is 4.39 Å². The van der Waals surface area contributed by atoms with Crippen LogP contribution in [-0.2, 0) is 4.79 Å². The van der Waals surface area contributed by atoms with Gasteiger partial charge in [0.1, 0.15) is 5.82 Å². The Balaban J connectivity index is 1.57. The number of halogens is 2. The van der Waals surface area contributed by atoms with E-state index in [0.717, 1.165) is 22.5 Å². The molecular formula is C22H19ClFN3O. The van der Waals surface area contributed by atoms with Gasteiger partial charge in [-0.15, -0.1) is 0 Å². The number of nitrogens with zero attached hydrogens (tertiary/aromatic N) is 1. The fourth-order valence-corrected chi connectivity index (χ4v) is 3.71. The van der Waals surface area contributed by atoms with Crippen molar-refractivity contribution in [3.63, 3.8) is 0 Å². The number of hydrogen-bond acceptors (Lipinski definition) is 3. The summed E-state index contributed by atoms with van der Waals surface area (Å²) in [5.74, 6) is -0.479. The summed E-state index contributed by atoms with van der Waals surface area (Å²) in [6, 6.07) is 13.4. The predicted octanol–water partition coefficient (Wildman–Crippen LogP) is 4.34. The zero-order valence-electron chi connectivity index (χ0n) is 15.2. The standard InChI is InChI=1S/C22H19ClFN3O/c1-14(17-6-2-3-7-18(17)23)25-22(28)21-26-20(15-9-11-16(24)12-10-15)19-8-4-5-13-27(19)21/h2-14,21,26H,1H3,(H,25,28). The maximum Gasteiger partial charge on any atom is 0.264 e. The van der Waals surface area contributed by atoms with E-state index in [0.29, 0.717) is 5.02 Å². The van der Waals surface area contributed by atoms with Crippen LogP contribution in [-0.4, -0.2) is 17.0 Å². The molecular weight excluding hydrogens is 377 g/mol. The zero-order valence-corrected chi connectivity index (χ0v) is 16.0. The minimum Gasteiger partial charge on any atom is -0.355 e. The number of carbonyl (C=O) groups excluding carboxylic acids is 1. The lowest BCUT2D eigenvalue weighted by Crippen LogP contribution is -2.48. The molecule has 2 unspecified atom stereocenters. The van der Waals surface area contributed by atoms with Crippen LogP contribution >= 0.6 is 11.6 Å². The van der Waals surface area contributed by atoms with E-state index in [-0.39, 0.29) is 17.8 Å². The lowest BCUT2D eigenvalue weighted by atomic mass is 10.1. The smallest absolute Gasteiger partial charge is 0.264 e. The molecule has 2 aromatic carbocycles. The number of benzene rings is 2. The van der Waals surface area contributed by atoms with Gasteiger partial charge in [-0.3, -0.25) is 4.79 Å². The van der Waals surface area contributed by atoms with Crippen molar-refractivity contribution < 1.29 is 9.18 Å². The third kappa shape index (κ3) is 3.41. The largest absolute Gasteiger partial charge is 0.355 e. The molecule has 6 heteroatoms. The van der Waals surface area contributed by atoms with Gasteiger partial charge in [0.2, 0.25) is 0 Å². The van der Waals surface area contributed by atoms with Crippen LogP contribution in [0, 0.1) is 5.82 Å². The maximum atomic E-state index is 13.3. The Kier molecular flexibility index (Phi) is 4.92. The number of nitrogens with one attached hydrogen (secondary N) is 2. The second kappa shape index (κ2) is 7.52. The van der Waals surface area contributed by atoms with E-state index >= 15 is 0 Å². The number of rotatable bonds is 4. The first-order chi connectivity index (χ1) is 13.5. The summed E-state index contributed by atoms with van der Waals surface area (Å²) in [5, 5.41) is 6.91. The molecule has 0 radical (unpaired) electrons. The molecule has 0 fully saturated rings. The second-order valence-electron chi connectivity index (χ2n) is 6.67. The maximum absolute atomic E-state index is 13.3. The Morgan fingerprint density at radius 2 is 1.93 bits per heavy atom. The Labute approximate surface area is 168 Å². The van der Waals surface area contributed by atoms with E-state index < -0.39 is 6.17 Å². The van der Waals surface area contributed by atoms with E-state index in [1.165, 1.54) is 12.1 Å². The first kappa shape index (κ1) is 18.3. The first-order valence-corrected chi connectivity index (χ1v) is 9.37. The van der Waals surface area contributed by atoms with Crippen LogP contribution in [0.5, 0.6) is 0 Å². The highest BCUT2D eigenvalue weighted by molar-refractivity contribution is 6.31. The lowest BCUT2D eigenvalue weighted by molar-refractivity contribution is -0.125. The molecule has 0 saturated carbocycles. The minimum atomic E-state index is -0.610.